The maximum absolute atomic E-state index is 15.1. The Kier molecular flexibility index (Phi) is 5.10. The van der Waals surface area contributed by atoms with E-state index in [-0.39, 0.29) is 16.7 Å². The van der Waals surface area contributed by atoms with Gasteiger partial charge in [-0.25, -0.2) is 17.6 Å². The van der Waals surface area contributed by atoms with Gasteiger partial charge < -0.3 is 0 Å². The van der Waals surface area contributed by atoms with Crippen LogP contribution in [0.5, 0.6) is 0 Å². The Labute approximate surface area is 166 Å². The maximum atomic E-state index is 15.1. The zero-order valence-electron chi connectivity index (χ0n) is 15.8. The highest BCUT2D eigenvalue weighted by molar-refractivity contribution is 5.89. The molecule has 0 aliphatic rings. The van der Waals surface area contributed by atoms with Gasteiger partial charge in [-0.2, -0.15) is 0 Å². The van der Waals surface area contributed by atoms with Gasteiger partial charge in [0.15, 0.2) is 0 Å². The number of fused-ring (bicyclic) bond motifs is 1. The smallest absolute Gasteiger partial charge is 0.138 e. The summed E-state index contributed by atoms with van der Waals surface area (Å²) in [4.78, 5) is 0. The molecule has 4 rings (SSSR count). The second kappa shape index (κ2) is 7.70. The fourth-order valence-corrected chi connectivity index (χ4v) is 3.63. The number of hydrogen-bond acceptors (Lipinski definition) is 0. The van der Waals surface area contributed by atoms with E-state index < -0.39 is 23.3 Å². The quantitative estimate of drug-likeness (QED) is 0.311. The first-order valence-corrected chi connectivity index (χ1v) is 9.44. The molecule has 4 heteroatoms. The molecule has 0 unspecified atom stereocenters. The molecule has 29 heavy (non-hydrogen) atoms. The molecule has 4 aromatic carbocycles. The third kappa shape index (κ3) is 3.75. The predicted octanol–water partition coefficient (Wildman–Crippen LogP) is 7.68. The predicted molar refractivity (Wildman–Crippen MR) is 109 cm³/mol. The molecule has 0 radical (unpaired) electrons. The van der Waals surface area contributed by atoms with E-state index in [1.54, 1.807) is 18.2 Å². The highest BCUT2D eigenvalue weighted by atomic mass is 19.1. The van der Waals surface area contributed by atoms with E-state index in [1.165, 1.54) is 12.1 Å². The molecule has 0 saturated carbocycles. The highest BCUT2D eigenvalue weighted by Gasteiger charge is 2.14. The lowest BCUT2D eigenvalue weighted by Gasteiger charge is -2.11. The summed E-state index contributed by atoms with van der Waals surface area (Å²) in [6, 6.07) is 16.1. The van der Waals surface area contributed by atoms with Gasteiger partial charge >= 0.3 is 0 Å². The summed E-state index contributed by atoms with van der Waals surface area (Å²) in [5.41, 5.74) is 1.92. The summed E-state index contributed by atoms with van der Waals surface area (Å²) >= 11 is 0. The molecule has 0 spiro atoms. The van der Waals surface area contributed by atoms with Crippen molar-refractivity contribution >= 4 is 10.8 Å². The van der Waals surface area contributed by atoms with Gasteiger partial charge in [0.25, 0.3) is 0 Å². The standard InChI is InChI=1S/C25H18F4/c1-2-3-15-4-7-22-16(10-15)6-9-23(25(22)29)17-5-8-21(24(28)13-17)18-11-19(26)14-20(27)12-18/h4-14H,2-3H2,1H3. The average Bonchev–Trinajstić information content (AvgIpc) is 2.67. The van der Waals surface area contributed by atoms with Gasteiger partial charge in [0.1, 0.15) is 23.3 Å². The van der Waals surface area contributed by atoms with Crippen molar-refractivity contribution in [3.8, 4) is 22.3 Å². The van der Waals surface area contributed by atoms with E-state index in [9.17, 15) is 13.2 Å². The summed E-state index contributed by atoms with van der Waals surface area (Å²) in [6.07, 6.45) is 1.93. The van der Waals surface area contributed by atoms with Gasteiger partial charge in [-0.05, 0) is 46.7 Å². The minimum absolute atomic E-state index is 0.0533. The fourth-order valence-electron chi connectivity index (χ4n) is 3.63. The van der Waals surface area contributed by atoms with Crippen molar-refractivity contribution in [1.82, 2.24) is 0 Å². The molecule has 0 aromatic heterocycles. The number of aryl methyl sites for hydroxylation is 1. The van der Waals surface area contributed by atoms with Gasteiger partial charge in [-0.15, -0.1) is 0 Å². The fraction of sp³-hybridized carbons (Fsp3) is 0.120. The SMILES string of the molecule is CCCc1ccc2c(F)c(-c3ccc(-c4cc(F)cc(F)c4)c(F)c3)ccc2c1. The Morgan fingerprint density at radius 1 is 0.655 bits per heavy atom. The van der Waals surface area contributed by atoms with Gasteiger partial charge in [0.05, 0.1) is 0 Å². The van der Waals surface area contributed by atoms with Crippen LogP contribution in [0.4, 0.5) is 17.6 Å². The van der Waals surface area contributed by atoms with Crippen LogP contribution in [0.25, 0.3) is 33.0 Å². The van der Waals surface area contributed by atoms with E-state index in [1.807, 2.05) is 18.2 Å². The third-order valence-corrected chi connectivity index (χ3v) is 5.01. The molecule has 0 saturated heterocycles. The van der Waals surface area contributed by atoms with Crippen molar-refractivity contribution in [2.75, 3.05) is 0 Å². The van der Waals surface area contributed by atoms with Crippen LogP contribution in [0.1, 0.15) is 18.9 Å². The second-order valence-electron chi connectivity index (χ2n) is 7.09. The summed E-state index contributed by atoms with van der Waals surface area (Å²) in [6.45, 7) is 2.09. The van der Waals surface area contributed by atoms with Crippen LogP contribution in [0, 0.1) is 23.3 Å². The van der Waals surface area contributed by atoms with Crippen molar-refractivity contribution in [2.45, 2.75) is 19.8 Å². The lowest BCUT2D eigenvalue weighted by Crippen LogP contribution is -1.92. The molecule has 4 aromatic rings. The van der Waals surface area contributed by atoms with E-state index in [2.05, 4.69) is 6.92 Å². The van der Waals surface area contributed by atoms with E-state index >= 15 is 4.39 Å². The molecule has 0 heterocycles. The van der Waals surface area contributed by atoms with E-state index in [4.69, 9.17) is 0 Å². The summed E-state index contributed by atoms with van der Waals surface area (Å²) < 4.78 is 56.7. The molecule has 0 nitrogen and oxygen atoms in total. The first-order valence-electron chi connectivity index (χ1n) is 9.44. The Bertz CT molecular complexity index is 1190. The molecule has 0 atom stereocenters. The molecular formula is C25H18F4. The van der Waals surface area contributed by atoms with E-state index in [0.29, 0.717) is 10.9 Å². The van der Waals surface area contributed by atoms with Crippen LogP contribution < -0.4 is 0 Å². The van der Waals surface area contributed by atoms with Crippen molar-refractivity contribution in [1.29, 1.82) is 0 Å². The largest absolute Gasteiger partial charge is 0.207 e. The monoisotopic (exact) mass is 394 g/mol. The summed E-state index contributed by atoms with van der Waals surface area (Å²) in [7, 11) is 0. The normalized spacial score (nSPS) is 11.2. The molecule has 0 aliphatic carbocycles. The van der Waals surface area contributed by atoms with Crippen molar-refractivity contribution in [2.24, 2.45) is 0 Å². The number of rotatable bonds is 4. The first kappa shape index (κ1) is 19.2. The van der Waals surface area contributed by atoms with Gasteiger partial charge in [0.2, 0.25) is 0 Å². The zero-order valence-corrected chi connectivity index (χ0v) is 15.8. The third-order valence-electron chi connectivity index (χ3n) is 5.01. The Hall–Kier alpha value is -3.14. The summed E-state index contributed by atoms with van der Waals surface area (Å²) in [5, 5.41) is 1.27. The van der Waals surface area contributed by atoms with Crippen molar-refractivity contribution in [3.63, 3.8) is 0 Å². The first-order chi connectivity index (χ1) is 14.0. The van der Waals surface area contributed by atoms with Crippen LogP contribution in [0.2, 0.25) is 0 Å². The van der Waals surface area contributed by atoms with Crippen LogP contribution in [-0.2, 0) is 6.42 Å². The lowest BCUT2D eigenvalue weighted by atomic mass is 9.96. The number of benzene rings is 4. The molecule has 0 N–H and O–H groups in total. The molecular weight excluding hydrogens is 376 g/mol. The second-order valence-corrected chi connectivity index (χ2v) is 7.09. The van der Waals surface area contributed by atoms with E-state index in [0.717, 1.165) is 42.0 Å². The maximum Gasteiger partial charge on any atom is 0.138 e. The topological polar surface area (TPSA) is 0 Å². The molecule has 0 amide bonds. The van der Waals surface area contributed by atoms with Crippen LogP contribution in [0.3, 0.4) is 0 Å². The average molecular weight is 394 g/mol. The molecule has 146 valence electrons. The van der Waals surface area contributed by atoms with Gasteiger partial charge in [-0.3, -0.25) is 0 Å². The zero-order chi connectivity index (χ0) is 20.5. The molecule has 0 bridgehead atoms. The number of hydrogen-bond donors (Lipinski definition) is 0. The Balaban J connectivity index is 1.77. The molecule has 0 fully saturated rings. The van der Waals surface area contributed by atoms with Crippen molar-refractivity contribution in [3.05, 3.63) is 95.6 Å². The Morgan fingerprint density at radius 3 is 2.07 bits per heavy atom. The van der Waals surface area contributed by atoms with Crippen LogP contribution >= 0.6 is 0 Å². The molecule has 0 aliphatic heterocycles. The Morgan fingerprint density at radius 2 is 1.38 bits per heavy atom. The van der Waals surface area contributed by atoms with Gasteiger partial charge in [-0.1, -0.05) is 55.8 Å². The van der Waals surface area contributed by atoms with Gasteiger partial charge in [0, 0.05) is 22.6 Å². The minimum atomic E-state index is -0.786. The lowest BCUT2D eigenvalue weighted by molar-refractivity contribution is 0.583. The van der Waals surface area contributed by atoms with Crippen LogP contribution in [-0.4, -0.2) is 0 Å². The number of halogens is 4. The minimum Gasteiger partial charge on any atom is -0.207 e. The van der Waals surface area contributed by atoms with Crippen LogP contribution in [0.15, 0.2) is 66.7 Å². The highest BCUT2D eigenvalue weighted by Crippen LogP contribution is 2.33. The van der Waals surface area contributed by atoms with Crippen molar-refractivity contribution < 1.29 is 17.6 Å². The summed E-state index contributed by atoms with van der Waals surface area (Å²) in [5.74, 6) is -2.67.